The lowest BCUT2D eigenvalue weighted by Gasteiger charge is -2.32. The maximum Gasteiger partial charge on any atom is 0.246 e. The third-order valence-corrected chi connectivity index (χ3v) is 5.67. The van der Waals surface area contributed by atoms with Crippen molar-refractivity contribution >= 4 is 34.3 Å². The van der Waals surface area contributed by atoms with Crippen LogP contribution in [0.5, 0.6) is 0 Å². The first-order valence-corrected chi connectivity index (χ1v) is 10.5. The zero-order chi connectivity index (χ0) is 20.1. The van der Waals surface area contributed by atoms with Gasteiger partial charge in [-0.2, -0.15) is 0 Å². The summed E-state index contributed by atoms with van der Waals surface area (Å²) in [5.74, 6) is 1.84. The van der Waals surface area contributed by atoms with E-state index in [1.54, 1.807) is 36.1 Å². The summed E-state index contributed by atoms with van der Waals surface area (Å²) >= 11 is 1.59. The number of anilines is 2. The molecule has 8 heteroatoms. The molecule has 0 saturated carbocycles. The monoisotopic (exact) mass is 409 g/mol. The molecule has 150 valence electrons. The van der Waals surface area contributed by atoms with Crippen LogP contribution in [0.3, 0.4) is 0 Å². The van der Waals surface area contributed by atoms with Crippen LogP contribution in [-0.2, 0) is 11.2 Å². The summed E-state index contributed by atoms with van der Waals surface area (Å²) in [6.07, 6.45) is 11.2. The topological polar surface area (TPSA) is 84.2 Å². The van der Waals surface area contributed by atoms with Crippen LogP contribution in [0.1, 0.15) is 29.2 Å². The molecule has 1 aliphatic heterocycles. The van der Waals surface area contributed by atoms with Crippen LogP contribution in [0.25, 0.3) is 6.08 Å². The fraction of sp³-hybridized carbons (Fsp3) is 0.333. The summed E-state index contributed by atoms with van der Waals surface area (Å²) in [5, 5.41) is 4.06. The van der Waals surface area contributed by atoms with Gasteiger partial charge in [0.1, 0.15) is 17.9 Å². The first kappa shape index (κ1) is 19.3. The molecule has 3 aromatic rings. The summed E-state index contributed by atoms with van der Waals surface area (Å²) in [6.45, 7) is 3.55. The molecule has 0 bridgehead atoms. The number of nitrogens with one attached hydrogen (secondary N) is 1. The average Bonchev–Trinajstić information content (AvgIpc) is 3.38. The summed E-state index contributed by atoms with van der Waals surface area (Å²) < 4.78 is 5.25. The van der Waals surface area contributed by atoms with Gasteiger partial charge in [-0.25, -0.2) is 15.0 Å². The molecular weight excluding hydrogens is 386 g/mol. The standard InChI is InChI=1S/C21H23N5O2S/c1-15-12-22-21(29-15)25-19-11-17(23-14-24-19)10-16-4-2-8-26(13-16)20(27)7-6-18-5-3-9-28-18/h3,5-7,9,11-12,14,16H,2,4,8,10,13H2,1H3,(H,22,23,24,25)/b7-6+/t16-/m0/s1. The van der Waals surface area contributed by atoms with E-state index < -0.39 is 0 Å². The van der Waals surface area contributed by atoms with Crippen molar-refractivity contribution in [3.63, 3.8) is 0 Å². The van der Waals surface area contributed by atoms with Gasteiger partial charge in [0, 0.05) is 42.0 Å². The Morgan fingerprint density at radius 1 is 1.41 bits per heavy atom. The number of rotatable bonds is 6. The fourth-order valence-corrected chi connectivity index (χ4v) is 4.14. The summed E-state index contributed by atoms with van der Waals surface area (Å²) in [7, 11) is 0. The van der Waals surface area contributed by atoms with Crippen LogP contribution in [0.2, 0.25) is 0 Å². The number of hydrogen-bond acceptors (Lipinski definition) is 7. The number of piperidine rings is 1. The Morgan fingerprint density at radius 2 is 2.34 bits per heavy atom. The van der Waals surface area contributed by atoms with Crippen molar-refractivity contribution in [3.8, 4) is 0 Å². The quantitative estimate of drug-likeness (QED) is 0.618. The molecule has 0 spiro atoms. The number of likely N-dealkylation sites (tertiary alicyclic amines) is 1. The van der Waals surface area contributed by atoms with Gasteiger partial charge < -0.3 is 14.6 Å². The highest BCUT2D eigenvalue weighted by molar-refractivity contribution is 7.15. The van der Waals surface area contributed by atoms with E-state index in [-0.39, 0.29) is 5.91 Å². The Kier molecular flexibility index (Phi) is 6.00. The summed E-state index contributed by atoms with van der Waals surface area (Å²) in [6, 6.07) is 5.60. The van der Waals surface area contributed by atoms with Gasteiger partial charge in [-0.15, -0.1) is 11.3 Å². The lowest BCUT2D eigenvalue weighted by molar-refractivity contribution is -0.127. The molecular formula is C21H23N5O2S. The van der Waals surface area contributed by atoms with Crippen molar-refractivity contribution < 1.29 is 9.21 Å². The van der Waals surface area contributed by atoms with Crippen molar-refractivity contribution in [2.24, 2.45) is 5.92 Å². The van der Waals surface area contributed by atoms with Crippen molar-refractivity contribution in [1.29, 1.82) is 0 Å². The minimum absolute atomic E-state index is 0.0234. The minimum Gasteiger partial charge on any atom is -0.465 e. The highest BCUT2D eigenvalue weighted by atomic mass is 32.1. The number of aryl methyl sites for hydroxylation is 1. The summed E-state index contributed by atoms with van der Waals surface area (Å²) in [5.41, 5.74) is 0.973. The third-order valence-electron chi connectivity index (χ3n) is 4.84. The molecule has 0 unspecified atom stereocenters. The largest absolute Gasteiger partial charge is 0.465 e. The van der Waals surface area contributed by atoms with Crippen molar-refractivity contribution in [1.82, 2.24) is 19.9 Å². The lowest BCUT2D eigenvalue weighted by atomic mass is 9.93. The molecule has 1 N–H and O–H groups in total. The van der Waals surface area contributed by atoms with E-state index in [1.807, 2.05) is 36.2 Å². The van der Waals surface area contributed by atoms with Gasteiger partial charge in [-0.1, -0.05) is 0 Å². The average molecular weight is 410 g/mol. The number of carbonyl (C=O) groups is 1. The van der Waals surface area contributed by atoms with Crippen LogP contribution in [0.15, 0.2) is 47.5 Å². The molecule has 7 nitrogen and oxygen atoms in total. The van der Waals surface area contributed by atoms with Crippen LogP contribution in [-0.4, -0.2) is 38.8 Å². The van der Waals surface area contributed by atoms with Crippen LogP contribution >= 0.6 is 11.3 Å². The van der Waals surface area contributed by atoms with Crippen molar-refractivity contribution in [2.45, 2.75) is 26.2 Å². The molecule has 4 rings (SSSR count). The molecule has 29 heavy (non-hydrogen) atoms. The molecule has 0 aliphatic carbocycles. The first-order valence-electron chi connectivity index (χ1n) is 9.66. The third kappa shape index (κ3) is 5.29. The minimum atomic E-state index is 0.0234. The van der Waals surface area contributed by atoms with Crippen LogP contribution in [0, 0.1) is 12.8 Å². The smallest absolute Gasteiger partial charge is 0.246 e. The second kappa shape index (κ2) is 9.00. The molecule has 0 aromatic carbocycles. The Labute approximate surface area is 173 Å². The predicted octanol–water partition coefficient (Wildman–Crippen LogP) is 4.07. The van der Waals surface area contributed by atoms with Crippen LogP contribution in [0.4, 0.5) is 10.9 Å². The number of aromatic nitrogens is 3. The van der Waals surface area contributed by atoms with Gasteiger partial charge >= 0.3 is 0 Å². The molecule has 3 aromatic heterocycles. The van der Waals surface area contributed by atoms with E-state index in [9.17, 15) is 4.79 Å². The number of nitrogens with zero attached hydrogens (tertiary/aromatic N) is 4. The Bertz CT molecular complexity index is 983. The molecule has 1 aliphatic rings. The van der Waals surface area contributed by atoms with Gasteiger partial charge in [0.05, 0.1) is 6.26 Å². The molecule has 1 saturated heterocycles. The first-order chi connectivity index (χ1) is 14.2. The Hall–Kier alpha value is -3.00. The normalized spacial score (nSPS) is 17.0. The lowest BCUT2D eigenvalue weighted by Crippen LogP contribution is -2.39. The van der Waals surface area contributed by atoms with E-state index in [0.29, 0.717) is 11.7 Å². The molecule has 4 heterocycles. The molecule has 1 atom stereocenters. The highest BCUT2D eigenvalue weighted by Gasteiger charge is 2.23. The number of carbonyl (C=O) groups excluding carboxylic acids is 1. The molecule has 0 radical (unpaired) electrons. The van der Waals surface area contributed by atoms with E-state index >= 15 is 0 Å². The van der Waals surface area contributed by atoms with E-state index in [4.69, 9.17) is 4.42 Å². The van der Waals surface area contributed by atoms with Gasteiger partial charge in [-0.05, 0) is 50.3 Å². The van der Waals surface area contributed by atoms with E-state index in [1.165, 1.54) is 0 Å². The van der Waals surface area contributed by atoms with Crippen molar-refractivity contribution in [2.75, 3.05) is 18.4 Å². The summed E-state index contributed by atoms with van der Waals surface area (Å²) in [4.78, 5) is 28.6. The molecule has 1 amide bonds. The van der Waals surface area contributed by atoms with Gasteiger partial charge in [-0.3, -0.25) is 4.79 Å². The Balaban J connectivity index is 1.35. The van der Waals surface area contributed by atoms with Gasteiger partial charge in [0.15, 0.2) is 5.13 Å². The van der Waals surface area contributed by atoms with Crippen molar-refractivity contribution in [3.05, 3.63) is 59.4 Å². The van der Waals surface area contributed by atoms with E-state index in [0.717, 1.165) is 53.9 Å². The maximum atomic E-state index is 12.5. The van der Waals surface area contributed by atoms with Gasteiger partial charge in [0.2, 0.25) is 5.91 Å². The number of amides is 1. The van der Waals surface area contributed by atoms with Crippen LogP contribution < -0.4 is 5.32 Å². The second-order valence-electron chi connectivity index (χ2n) is 7.14. The number of furan rings is 1. The van der Waals surface area contributed by atoms with Gasteiger partial charge in [0.25, 0.3) is 0 Å². The second-order valence-corrected chi connectivity index (χ2v) is 8.38. The fourth-order valence-electron chi connectivity index (χ4n) is 3.47. The maximum absolute atomic E-state index is 12.5. The zero-order valence-corrected chi connectivity index (χ0v) is 17.1. The highest BCUT2D eigenvalue weighted by Crippen LogP contribution is 2.23. The SMILES string of the molecule is Cc1cnc(Nc2cc(C[C@@H]3CCCN(C(=O)/C=C/c4ccco4)C3)ncn2)s1. The predicted molar refractivity (Wildman–Crippen MR) is 113 cm³/mol. The number of thiazole rings is 1. The molecule has 1 fully saturated rings. The Morgan fingerprint density at radius 3 is 3.14 bits per heavy atom. The number of hydrogen-bond donors (Lipinski definition) is 1. The zero-order valence-electron chi connectivity index (χ0n) is 16.2. The van der Waals surface area contributed by atoms with E-state index in [2.05, 4.69) is 20.3 Å².